The van der Waals surface area contributed by atoms with Gasteiger partial charge in [-0.15, -0.1) is 11.6 Å². The van der Waals surface area contributed by atoms with Crippen molar-refractivity contribution < 1.29 is 32.2 Å². The lowest BCUT2D eigenvalue weighted by molar-refractivity contribution is -0.133. The minimum Gasteiger partial charge on any atom is -0.540 e. The Morgan fingerprint density at radius 3 is 2.26 bits per heavy atom. The van der Waals surface area contributed by atoms with Crippen molar-refractivity contribution >= 4 is 47.4 Å². The van der Waals surface area contributed by atoms with Gasteiger partial charge in [-0.05, 0) is 84.8 Å². The summed E-state index contributed by atoms with van der Waals surface area (Å²) < 4.78 is 41.8. The van der Waals surface area contributed by atoms with Gasteiger partial charge in [0.1, 0.15) is 17.2 Å². The van der Waals surface area contributed by atoms with Crippen molar-refractivity contribution in [3.05, 3.63) is 94.2 Å². The molecule has 0 saturated carbocycles. The number of benzene rings is 3. The number of esters is 1. The van der Waals surface area contributed by atoms with E-state index in [9.17, 15) is 18.3 Å². The Labute approximate surface area is 235 Å². The maximum Gasteiger partial charge on any atom is 0.315 e. The molecule has 0 unspecified atom stereocenters. The number of carbonyl (C=O) groups excluding carboxylic acids is 1. The monoisotopic (exact) mass is 586 g/mol. The van der Waals surface area contributed by atoms with Gasteiger partial charge in [-0.3, -0.25) is 4.79 Å². The third-order valence-electron chi connectivity index (χ3n) is 5.53. The number of phenols is 1. The Morgan fingerprint density at radius 1 is 1.00 bits per heavy atom. The number of phenolic OH excluding ortho intramolecular Hbond substituents is 1. The largest absolute Gasteiger partial charge is 0.540 e. The quantitative estimate of drug-likeness (QED) is 0.121. The fourth-order valence-electron chi connectivity index (χ4n) is 3.43. The first kappa shape index (κ1) is 30.0. The van der Waals surface area contributed by atoms with E-state index in [0.29, 0.717) is 33.7 Å². The zero-order chi connectivity index (χ0) is 28.6. The lowest BCUT2D eigenvalue weighted by Gasteiger charge is -2.22. The molecule has 0 aromatic heterocycles. The normalized spacial score (nSPS) is 12.4. The molecule has 0 fully saturated rings. The number of hydrogen-bond acceptors (Lipinski definition) is 7. The van der Waals surface area contributed by atoms with Gasteiger partial charge < -0.3 is 19.0 Å². The van der Waals surface area contributed by atoms with Gasteiger partial charge in [0.15, 0.2) is 15.6 Å². The molecule has 0 radical (unpaired) electrons. The summed E-state index contributed by atoms with van der Waals surface area (Å²) in [5.74, 6) is 0.883. The minimum atomic E-state index is -3.71. The predicted octanol–water partition coefficient (Wildman–Crippen LogP) is 6.36. The maximum absolute atomic E-state index is 12.7. The van der Waals surface area contributed by atoms with Crippen LogP contribution < -0.4 is 13.9 Å². The summed E-state index contributed by atoms with van der Waals surface area (Å²) in [4.78, 5) is 12.3. The average Bonchev–Trinajstić information content (AvgIpc) is 2.89. The average molecular weight is 587 g/mol. The lowest BCUT2D eigenvalue weighted by atomic mass is 10.1. The van der Waals surface area contributed by atoms with E-state index in [1.54, 1.807) is 74.7 Å². The predicted molar refractivity (Wildman–Crippen MR) is 157 cm³/mol. The van der Waals surface area contributed by atoms with Crippen LogP contribution in [0.25, 0.3) is 11.6 Å². The number of ether oxygens (including phenoxy) is 2. The van der Waals surface area contributed by atoms with Gasteiger partial charge in [-0.2, -0.15) is 0 Å². The van der Waals surface area contributed by atoms with Gasteiger partial charge in [-0.1, -0.05) is 30.3 Å². The van der Waals surface area contributed by atoms with Crippen LogP contribution >= 0.6 is 11.6 Å². The molecule has 39 heavy (non-hydrogen) atoms. The molecule has 1 N–H and O–H groups in total. The number of rotatable bonds is 11. The number of allylic oxidation sites excluding steroid dienone is 1. The Kier molecular flexibility index (Phi) is 10.0. The topological polar surface area (TPSA) is 99.1 Å². The molecule has 0 aliphatic heterocycles. The van der Waals surface area contributed by atoms with Crippen LogP contribution in [0.4, 0.5) is 0 Å². The number of methoxy groups -OCH3 is 1. The van der Waals surface area contributed by atoms with Crippen molar-refractivity contribution in [1.82, 2.24) is 0 Å². The van der Waals surface area contributed by atoms with E-state index >= 15 is 0 Å². The third-order valence-corrected chi connectivity index (χ3v) is 10.1. The van der Waals surface area contributed by atoms with E-state index < -0.39 is 24.1 Å². The first-order chi connectivity index (χ1) is 18.4. The van der Waals surface area contributed by atoms with Gasteiger partial charge in [0, 0.05) is 10.8 Å². The van der Waals surface area contributed by atoms with Crippen LogP contribution in [-0.2, 0) is 21.1 Å². The minimum absolute atomic E-state index is 0.0358. The van der Waals surface area contributed by atoms with E-state index in [2.05, 4.69) is 0 Å². The van der Waals surface area contributed by atoms with Gasteiger partial charge in [0.25, 0.3) is 8.32 Å². The van der Waals surface area contributed by atoms with E-state index in [-0.39, 0.29) is 17.9 Å². The fraction of sp³-hybridized carbons (Fsp3) is 0.207. The molecule has 0 amide bonds. The van der Waals surface area contributed by atoms with Gasteiger partial charge >= 0.3 is 5.97 Å². The van der Waals surface area contributed by atoms with Crippen molar-refractivity contribution in [2.45, 2.75) is 26.4 Å². The fourth-order valence-corrected chi connectivity index (χ4v) is 5.46. The molecule has 3 rings (SSSR count). The zero-order valence-corrected chi connectivity index (χ0v) is 24.8. The molecule has 0 saturated heterocycles. The second kappa shape index (κ2) is 13.0. The number of sulfone groups is 1. The molecule has 0 atom stereocenters. The van der Waals surface area contributed by atoms with E-state index in [0.717, 1.165) is 16.4 Å². The summed E-state index contributed by atoms with van der Waals surface area (Å²) in [6.45, 7) is 5.51. The number of halogens is 1. The van der Waals surface area contributed by atoms with Crippen molar-refractivity contribution in [1.29, 1.82) is 0 Å². The van der Waals surface area contributed by atoms with E-state index in [1.165, 1.54) is 12.1 Å². The Morgan fingerprint density at radius 2 is 1.64 bits per heavy atom. The van der Waals surface area contributed by atoms with E-state index in [4.69, 9.17) is 25.5 Å². The molecule has 0 aliphatic rings. The smallest absolute Gasteiger partial charge is 0.315 e. The van der Waals surface area contributed by atoms with Gasteiger partial charge in [0.2, 0.25) is 0 Å². The molecule has 3 aromatic rings. The van der Waals surface area contributed by atoms with Crippen molar-refractivity contribution in [2.24, 2.45) is 0 Å². The Bertz CT molecular complexity index is 1460. The number of hydrogen-bond donors (Lipinski definition) is 1. The van der Waals surface area contributed by atoms with Gasteiger partial charge in [0.05, 0.1) is 19.0 Å². The lowest BCUT2D eigenvalue weighted by Crippen LogP contribution is -2.36. The molecule has 3 aromatic carbocycles. The highest BCUT2D eigenvalue weighted by Crippen LogP contribution is 2.30. The Balaban J connectivity index is 1.65. The van der Waals surface area contributed by atoms with Crippen molar-refractivity contribution in [3.63, 3.8) is 0 Å². The van der Waals surface area contributed by atoms with Crippen LogP contribution in [-0.4, -0.2) is 40.4 Å². The van der Waals surface area contributed by atoms with Crippen molar-refractivity contribution in [2.75, 3.05) is 12.6 Å². The van der Waals surface area contributed by atoms with Gasteiger partial charge in [-0.25, -0.2) is 8.42 Å². The standard InChI is InChI=1S/C29H31ClO7SSi/c1-21(19-38(33,34)16-15-23-7-14-27(31)28(17-23)37-39(3,4)20-30)24-8-12-26(13-9-24)36-29(32)18-22-5-10-25(35-2)11-6-22/h5-17,19,31H,18,20H2,1-4H3/b16-15+,21-19+. The molecule has 0 aliphatic carbocycles. The highest BCUT2D eigenvalue weighted by atomic mass is 35.5. The Hall–Kier alpha value is -3.53. The summed E-state index contributed by atoms with van der Waals surface area (Å²) in [6.07, 6.45) is 1.54. The number of alkyl halides is 1. The van der Waals surface area contributed by atoms with Crippen LogP contribution in [0.5, 0.6) is 23.0 Å². The molecular formula is C29H31ClO7SSi. The number of aromatic hydroxyl groups is 1. The summed E-state index contributed by atoms with van der Waals surface area (Å²) in [6, 6.07) is 18.4. The van der Waals surface area contributed by atoms with Crippen LogP contribution in [0.15, 0.2) is 77.5 Å². The highest BCUT2D eigenvalue weighted by Gasteiger charge is 2.24. The maximum atomic E-state index is 12.7. The third kappa shape index (κ3) is 9.31. The molecular weight excluding hydrogens is 556 g/mol. The SMILES string of the molecule is COc1ccc(CC(=O)Oc2ccc(/C(C)=C/S(=O)(=O)/C=C/c3ccc(O)c(O[Si](C)(C)CCl)c3)cc2)cc1. The summed E-state index contributed by atoms with van der Waals surface area (Å²) in [7, 11) is -4.34. The van der Waals surface area contributed by atoms with Crippen LogP contribution in [0.2, 0.25) is 13.1 Å². The molecule has 0 bridgehead atoms. The summed E-state index contributed by atoms with van der Waals surface area (Å²) in [5.41, 5.74) is 2.87. The first-order valence-corrected chi connectivity index (χ1v) is 17.3. The second-order valence-corrected chi connectivity index (χ2v) is 15.9. The summed E-state index contributed by atoms with van der Waals surface area (Å²) in [5, 5.41) is 12.3. The van der Waals surface area contributed by atoms with Crippen molar-refractivity contribution in [3.8, 4) is 23.0 Å². The number of carbonyl (C=O) groups is 1. The van der Waals surface area contributed by atoms with E-state index in [1.807, 2.05) is 13.1 Å². The molecule has 7 nitrogen and oxygen atoms in total. The highest BCUT2D eigenvalue weighted by molar-refractivity contribution is 7.97. The van der Waals surface area contributed by atoms with Crippen LogP contribution in [0.1, 0.15) is 23.6 Å². The second-order valence-electron chi connectivity index (χ2n) is 9.44. The molecule has 0 heterocycles. The molecule has 206 valence electrons. The summed E-state index contributed by atoms with van der Waals surface area (Å²) >= 11 is 5.95. The van der Waals surface area contributed by atoms with Crippen LogP contribution in [0.3, 0.4) is 0 Å². The van der Waals surface area contributed by atoms with Crippen LogP contribution in [0, 0.1) is 0 Å². The molecule has 10 heteroatoms. The zero-order valence-electron chi connectivity index (χ0n) is 22.2. The molecule has 0 spiro atoms. The first-order valence-electron chi connectivity index (χ1n) is 12.0.